The fourth-order valence-electron chi connectivity index (χ4n) is 3.68. The molecule has 0 bridgehead atoms. The molecule has 0 aromatic rings. The lowest BCUT2D eigenvalue weighted by Gasteiger charge is -2.49. The predicted octanol–water partition coefficient (Wildman–Crippen LogP) is 3.42. The predicted molar refractivity (Wildman–Crippen MR) is 89.6 cm³/mol. The summed E-state index contributed by atoms with van der Waals surface area (Å²) < 4.78 is 5.75. The molecule has 1 fully saturated rings. The van der Waals surface area contributed by atoms with Crippen LogP contribution in [0.2, 0.25) is 0 Å². The Labute approximate surface area is 145 Å². The van der Waals surface area contributed by atoms with Gasteiger partial charge in [0.15, 0.2) is 0 Å². The van der Waals surface area contributed by atoms with Crippen LogP contribution in [0, 0.1) is 11.3 Å². The van der Waals surface area contributed by atoms with Crippen LogP contribution in [-0.4, -0.2) is 39.3 Å². The van der Waals surface area contributed by atoms with Crippen molar-refractivity contribution in [3.8, 4) is 0 Å². The third-order valence-electron chi connectivity index (χ3n) is 5.28. The number of hydrogen-bond donors (Lipinski definition) is 1. The highest BCUT2D eigenvalue weighted by atomic mass is 16.5. The second kappa shape index (κ2) is 7.00. The van der Waals surface area contributed by atoms with Crippen LogP contribution in [0.5, 0.6) is 0 Å². The number of esters is 1. The van der Waals surface area contributed by atoms with E-state index in [0.717, 1.165) is 5.06 Å². The van der Waals surface area contributed by atoms with Crippen LogP contribution in [0.3, 0.4) is 0 Å². The minimum absolute atomic E-state index is 0.241. The van der Waals surface area contributed by atoms with Crippen molar-refractivity contribution >= 4 is 11.9 Å². The van der Waals surface area contributed by atoms with E-state index in [-0.39, 0.29) is 18.5 Å². The molecule has 1 heterocycles. The summed E-state index contributed by atoms with van der Waals surface area (Å²) in [4.78, 5) is 23.8. The number of hydroxylamine groups is 2. The Morgan fingerprint density at radius 1 is 1.25 bits per heavy atom. The minimum Gasteiger partial charge on any atom is -0.481 e. The molecule has 0 saturated carbocycles. The summed E-state index contributed by atoms with van der Waals surface area (Å²) in [5.74, 6) is -1.89. The highest BCUT2D eigenvalue weighted by Crippen LogP contribution is 2.40. The summed E-state index contributed by atoms with van der Waals surface area (Å²) in [6.07, 6.45) is 1.36. The number of piperidine rings is 1. The maximum atomic E-state index is 12.7. The minimum atomic E-state index is -0.913. The van der Waals surface area contributed by atoms with Crippen LogP contribution in [0.4, 0.5) is 0 Å². The van der Waals surface area contributed by atoms with Gasteiger partial charge in [-0.1, -0.05) is 13.8 Å². The molecule has 2 unspecified atom stereocenters. The van der Waals surface area contributed by atoms with E-state index in [1.54, 1.807) is 13.8 Å². The van der Waals surface area contributed by atoms with Gasteiger partial charge >= 0.3 is 11.9 Å². The van der Waals surface area contributed by atoms with E-state index in [2.05, 4.69) is 0 Å². The molecule has 0 spiro atoms. The van der Waals surface area contributed by atoms with Crippen LogP contribution >= 0.6 is 0 Å². The van der Waals surface area contributed by atoms with E-state index >= 15 is 0 Å². The monoisotopic (exact) mass is 342 g/mol. The number of carboxylic acid groups (broad SMARTS) is 1. The van der Waals surface area contributed by atoms with Crippen molar-refractivity contribution in [2.75, 3.05) is 0 Å². The average molecular weight is 342 g/mol. The highest BCUT2D eigenvalue weighted by Gasteiger charge is 2.48. The molecule has 1 aliphatic rings. The van der Waals surface area contributed by atoms with Crippen molar-refractivity contribution in [1.82, 2.24) is 5.06 Å². The van der Waals surface area contributed by atoms with Gasteiger partial charge in [-0.25, -0.2) is 0 Å². The van der Waals surface area contributed by atoms with Gasteiger partial charge in [0.05, 0.1) is 11.3 Å². The second-order valence-corrected chi connectivity index (χ2v) is 8.71. The fraction of sp³-hybridized carbons (Fsp3) is 0.889. The number of carbonyl (C=O) groups is 2. The van der Waals surface area contributed by atoms with E-state index in [1.807, 2.05) is 34.6 Å². The zero-order valence-corrected chi connectivity index (χ0v) is 16.0. The number of aliphatic carboxylic acids is 1. The lowest BCUT2D eigenvalue weighted by molar-refractivity contribution is -0.300. The quantitative estimate of drug-likeness (QED) is 0.747. The molecule has 0 aromatic heterocycles. The first kappa shape index (κ1) is 20.9. The van der Waals surface area contributed by atoms with E-state index in [0.29, 0.717) is 19.3 Å². The number of ether oxygens (including phenoxy) is 1. The topological polar surface area (TPSA) is 86.7 Å². The first-order chi connectivity index (χ1) is 10.7. The van der Waals surface area contributed by atoms with Gasteiger partial charge in [0.1, 0.15) is 6.10 Å². The highest BCUT2D eigenvalue weighted by molar-refractivity contribution is 5.78. The summed E-state index contributed by atoms with van der Waals surface area (Å²) in [5, 5.41) is 22.6. The molecular formula is C18H32NO5. The van der Waals surface area contributed by atoms with E-state index in [4.69, 9.17) is 9.84 Å². The SMILES string of the molecule is CCC(C)(CC(C)C(=O)O)C(=O)OC1CC(C)(C)N([O])C(C)(C)C1. The zero-order chi connectivity index (χ0) is 18.9. The summed E-state index contributed by atoms with van der Waals surface area (Å²) in [6.45, 7) is 12.6. The number of rotatable bonds is 6. The Morgan fingerprint density at radius 3 is 2.08 bits per heavy atom. The third kappa shape index (κ3) is 4.48. The third-order valence-corrected chi connectivity index (χ3v) is 5.28. The molecule has 6 heteroatoms. The lowest BCUT2D eigenvalue weighted by Crippen LogP contribution is -2.60. The van der Waals surface area contributed by atoms with E-state index in [9.17, 15) is 14.8 Å². The Kier molecular flexibility index (Phi) is 6.10. The molecule has 1 radical (unpaired) electrons. The molecule has 139 valence electrons. The Morgan fingerprint density at radius 2 is 1.71 bits per heavy atom. The molecule has 2 atom stereocenters. The molecule has 1 rings (SSSR count). The van der Waals surface area contributed by atoms with Gasteiger partial charge in [-0.2, -0.15) is 0 Å². The Hall–Kier alpha value is -1.14. The first-order valence-corrected chi connectivity index (χ1v) is 8.66. The van der Waals surface area contributed by atoms with Crippen molar-refractivity contribution in [3.63, 3.8) is 0 Å². The standard InChI is InChI=1S/C18H32NO5/c1-8-18(7,9-12(2)14(20)21)15(22)24-13-10-16(3,4)19(23)17(5,6)11-13/h12-13H,8-11H2,1-7H3,(H,20,21). The van der Waals surface area contributed by atoms with Crippen LogP contribution in [-0.2, 0) is 19.5 Å². The van der Waals surface area contributed by atoms with Gasteiger partial charge in [0, 0.05) is 23.9 Å². The van der Waals surface area contributed by atoms with Gasteiger partial charge in [-0.05, 0) is 47.5 Å². The van der Waals surface area contributed by atoms with Crippen LogP contribution in [0.15, 0.2) is 0 Å². The zero-order valence-electron chi connectivity index (χ0n) is 16.0. The fourth-order valence-corrected chi connectivity index (χ4v) is 3.68. The molecule has 6 nitrogen and oxygen atoms in total. The number of carbonyl (C=O) groups excluding carboxylic acids is 1. The van der Waals surface area contributed by atoms with E-state index in [1.165, 1.54) is 0 Å². The Bertz CT molecular complexity index is 470. The van der Waals surface area contributed by atoms with Crippen LogP contribution in [0.25, 0.3) is 0 Å². The van der Waals surface area contributed by atoms with Crippen LogP contribution < -0.4 is 0 Å². The molecule has 1 saturated heterocycles. The summed E-state index contributed by atoms with van der Waals surface area (Å²) in [6, 6.07) is 0. The Balaban J connectivity index is 2.87. The number of nitrogens with zero attached hydrogens (tertiary/aromatic N) is 1. The van der Waals surface area contributed by atoms with E-state index < -0.39 is 28.4 Å². The van der Waals surface area contributed by atoms with Crippen molar-refractivity contribution in [1.29, 1.82) is 0 Å². The van der Waals surface area contributed by atoms with Gasteiger partial charge in [0.2, 0.25) is 0 Å². The largest absolute Gasteiger partial charge is 0.481 e. The molecule has 0 aromatic carbocycles. The van der Waals surface area contributed by atoms with Gasteiger partial charge < -0.3 is 9.84 Å². The molecule has 24 heavy (non-hydrogen) atoms. The van der Waals surface area contributed by atoms with Crippen molar-refractivity contribution in [3.05, 3.63) is 0 Å². The van der Waals surface area contributed by atoms with Crippen LogP contribution in [0.1, 0.15) is 74.1 Å². The molecule has 0 amide bonds. The van der Waals surface area contributed by atoms with Gasteiger partial charge in [-0.15, -0.1) is 10.3 Å². The van der Waals surface area contributed by atoms with Crippen molar-refractivity contribution in [2.45, 2.75) is 91.3 Å². The first-order valence-electron chi connectivity index (χ1n) is 8.66. The summed E-state index contributed by atoms with van der Waals surface area (Å²) >= 11 is 0. The smallest absolute Gasteiger partial charge is 0.312 e. The molecule has 1 aliphatic heterocycles. The lowest BCUT2D eigenvalue weighted by atomic mass is 9.78. The normalized spacial score (nSPS) is 24.8. The number of carboxylic acids is 1. The molecule has 0 aliphatic carbocycles. The van der Waals surface area contributed by atoms with Crippen molar-refractivity contribution in [2.24, 2.45) is 11.3 Å². The average Bonchev–Trinajstić information content (AvgIpc) is 2.43. The maximum absolute atomic E-state index is 12.7. The molecule has 1 N–H and O–H groups in total. The van der Waals surface area contributed by atoms with Gasteiger partial charge in [-0.3, -0.25) is 9.59 Å². The maximum Gasteiger partial charge on any atom is 0.312 e. The summed E-state index contributed by atoms with van der Waals surface area (Å²) in [7, 11) is 0. The second-order valence-electron chi connectivity index (χ2n) is 8.71. The molecular weight excluding hydrogens is 310 g/mol. The summed E-state index contributed by atoms with van der Waals surface area (Å²) in [5.41, 5.74) is -2.05. The number of hydrogen-bond acceptors (Lipinski definition) is 4. The van der Waals surface area contributed by atoms with Gasteiger partial charge in [0.25, 0.3) is 0 Å². The van der Waals surface area contributed by atoms with Crippen molar-refractivity contribution < 1.29 is 24.6 Å².